The lowest BCUT2D eigenvalue weighted by Crippen LogP contribution is -2.14. The van der Waals surface area contributed by atoms with E-state index in [2.05, 4.69) is 316 Å². The molecule has 0 spiro atoms. The molecule has 4 heteroatoms. The summed E-state index contributed by atoms with van der Waals surface area (Å²) in [6, 6.07) is 103. The lowest BCUT2D eigenvalue weighted by Gasteiger charge is -2.32. The fourth-order valence-electron chi connectivity index (χ4n) is 12.6. The van der Waals surface area contributed by atoms with E-state index < -0.39 is 0 Å². The van der Waals surface area contributed by atoms with Gasteiger partial charge in [-0.25, -0.2) is 0 Å². The van der Waals surface area contributed by atoms with Gasteiger partial charge >= 0.3 is 0 Å². The summed E-state index contributed by atoms with van der Waals surface area (Å²) >= 11 is 0. The second-order valence-electron chi connectivity index (χ2n) is 21.7. The lowest BCUT2D eigenvalue weighted by molar-refractivity contribution is 0.476. The van der Waals surface area contributed by atoms with Gasteiger partial charge in [0.2, 0.25) is 0 Å². The van der Waals surface area contributed by atoms with Crippen LogP contribution in [0.1, 0.15) is 16.7 Å². The van der Waals surface area contributed by atoms with Crippen LogP contribution in [0, 0.1) is 20.8 Å². The molecule has 0 bridgehead atoms. The standard InChI is InChI=1S/C79H56N2O2/c1-51-21-18-22-52(2)77(51)82-74-36-17-16-34-72(74)80(70-47-41-60(54-24-8-4-9-25-54)49-66(70)56-28-12-6-13-29-56)68-45-39-58-38-44-65-69(46-40-59-37-43-64(68)75(58)76(59)65)81(73-35-20-33-63-62-32-19-23-53(3)78(62)83-79(63)73)71-48-42-61(55-26-10-5-11-27-55)50-67(71)57-30-14-7-15-31-57/h4-50H,1-3H3. The van der Waals surface area contributed by atoms with Gasteiger partial charge in [-0.1, -0.05) is 231 Å². The highest BCUT2D eigenvalue weighted by molar-refractivity contribution is 6.29. The van der Waals surface area contributed by atoms with Crippen LogP contribution < -0.4 is 14.5 Å². The summed E-state index contributed by atoms with van der Waals surface area (Å²) in [4.78, 5) is 4.89. The number of hydrogen-bond acceptors (Lipinski definition) is 4. The molecule has 0 saturated carbocycles. The van der Waals surface area contributed by atoms with Crippen LogP contribution in [0.15, 0.2) is 290 Å². The molecule has 0 amide bonds. The highest BCUT2D eigenvalue weighted by Gasteiger charge is 2.28. The lowest BCUT2D eigenvalue weighted by atomic mass is 9.90. The van der Waals surface area contributed by atoms with Crippen molar-refractivity contribution in [2.45, 2.75) is 20.8 Å². The van der Waals surface area contributed by atoms with E-state index in [-0.39, 0.29) is 0 Å². The van der Waals surface area contributed by atoms with Gasteiger partial charge in [0.15, 0.2) is 11.3 Å². The first-order valence-corrected chi connectivity index (χ1v) is 28.5. The summed E-state index contributed by atoms with van der Waals surface area (Å²) in [7, 11) is 0. The van der Waals surface area contributed by atoms with Crippen molar-refractivity contribution < 1.29 is 9.15 Å². The van der Waals surface area contributed by atoms with Crippen molar-refractivity contribution in [1.29, 1.82) is 0 Å². The molecule has 394 valence electrons. The molecule has 0 atom stereocenters. The molecule has 1 heterocycles. The minimum Gasteiger partial charge on any atom is -0.455 e. The number of aryl methyl sites for hydroxylation is 3. The SMILES string of the molecule is Cc1cccc(C)c1Oc1ccccc1N(c1ccc(-c2ccccc2)cc1-c1ccccc1)c1ccc2ccc3c(N(c4ccc(-c5ccccc5)cc4-c4ccccc4)c4cccc5c4oc4c(C)cccc45)ccc4ccc1c2c43. The molecular weight excluding hydrogens is 1010 g/mol. The monoisotopic (exact) mass is 1060 g/mol. The molecule has 0 unspecified atom stereocenters. The van der Waals surface area contributed by atoms with Gasteiger partial charge in [0.25, 0.3) is 0 Å². The Kier molecular flexibility index (Phi) is 12.2. The van der Waals surface area contributed by atoms with Gasteiger partial charge in [-0.05, 0) is 147 Å². The average molecular weight is 1070 g/mol. The maximum atomic E-state index is 7.16. The van der Waals surface area contributed by atoms with Gasteiger partial charge in [0, 0.05) is 32.7 Å². The summed E-state index contributed by atoms with van der Waals surface area (Å²) in [6.07, 6.45) is 0. The third kappa shape index (κ3) is 8.54. The highest BCUT2D eigenvalue weighted by atomic mass is 16.5. The summed E-state index contributed by atoms with van der Waals surface area (Å²) in [5, 5.41) is 9.08. The van der Waals surface area contributed by atoms with E-state index in [9.17, 15) is 0 Å². The number of para-hydroxylation sites is 5. The molecule has 0 fully saturated rings. The van der Waals surface area contributed by atoms with Crippen LogP contribution in [-0.4, -0.2) is 0 Å². The number of rotatable bonds is 12. The predicted molar refractivity (Wildman–Crippen MR) is 349 cm³/mol. The molecule has 4 nitrogen and oxygen atoms in total. The molecule has 0 radical (unpaired) electrons. The maximum absolute atomic E-state index is 7.16. The third-order valence-electron chi connectivity index (χ3n) is 16.6. The normalized spacial score (nSPS) is 11.6. The molecule has 15 rings (SSSR count). The third-order valence-corrected chi connectivity index (χ3v) is 16.6. The summed E-state index contributed by atoms with van der Waals surface area (Å²) in [5.74, 6) is 1.61. The first-order chi connectivity index (χ1) is 40.9. The first-order valence-electron chi connectivity index (χ1n) is 28.5. The quantitative estimate of drug-likeness (QED) is 0.114. The van der Waals surface area contributed by atoms with E-state index in [1.807, 2.05) is 0 Å². The average Bonchev–Trinajstić information content (AvgIpc) is 3.98. The van der Waals surface area contributed by atoms with Crippen molar-refractivity contribution in [2.75, 3.05) is 9.80 Å². The van der Waals surface area contributed by atoms with E-state index in [0.717, 1.165) is 150 Å². The zero-order chi connectivity index (χ0) is 55.5. The first kappa shape index (κ1) is 49.4. The Bertz CT molecular complexity index is 4890. The Morgan fingerprint density at radius 1 is 0.277 bits per heavy atom. The molecule has 0 N–H and O–H groups in total. The number of fused-ring (bicyclic) bond motifs is 3. The van der Waals surface area contributed by atoms with E-state index in [1.165, 1.54) is 10.8 Å². The summed E-state index contributed by atoms with van der Waals surface area (Å²) in [6.45, 7) is 6.37. The second kappa shape index (κ2) is 20.5. The van der Waals surface area contributed by atoms with Crippen LogP contribution in [0.3, 0.4) is 0 Å². The molecule has 14 aromatic carbocycles. The Morgan fingerprint density at radius 2 is 0.687 bits per heavy atom. The van der Waals surface area contributed by atoms with Crippen LogP contribution in [0.2, 0.25) is 0 Å². The molecule has 1 aromatic heterocycles. The van der Waals surface area contributed by atoms with Gasteiger partial charge in [0.1, 0.15) is 11.3 Å². The number of furan rings is 1. The van der Waals surface area contributed by atoms with Gasteiger partial charge in [-0.3, -0.25) is 0 Å². The van der Waals surface area contributed by atoms with Crippen molar-refractivity contribution in [3.8, 4) is 56.0 Å². The predicted octanol–water partition coefficient (Wildman–Crippen LogP) is 22.8. The zero-order valence-corrected chi connectivity index (χ0v) is 46.3. The van der Waals surface area contributed by atoms with Crippen LogP contribution in [0.25, 0.3) is 98.8 Å². The van der Waals surface area contributed by atoms with Crippen molar-refractivity contribution in [3.63, 3.8) is 0 Å². The summed E-state index contributed by atoms with van der Waals surface area (Å²) < 4.78 is 14.3. The van der Waals surface area contributed by atoms with Crippen molar-refractivity contribution in [3.05, 3.63) is 302 Å². The van der Waals surface area contributed by atoms with Crippen LogP contribution in [-0.2, 0) is 0 Å². The van der Waals surface area contributed by atoms with E-state index in [0.29, 0.717) is 0 Å². The largest absolute Gasteiger partial charge is 0.455 e. The molecule has 0 saturated heterocycles. The Labute approximate surface area is 483 Å². The smallest absolute Gasteiger partial charge is 0.159 e. The van der Waals surface area contributed by atoms with Gasteiger partial charge < -0.3 is 19.0 Å². The van der Waals surface area contributed by atoms with E-state index >= 15 is 0 Å². The molecule has 0 aliphatic carbocycles. The van der Waals surface area contributed by atoms with Crippen LogP contribution in [0.4, 0.5) is 34.1 Å². The topological polar surface area (TPSA) is 28.9 Å². The summed E-state index contributed by atoms with van der Waals surface area (Å²) in [5.41, 5.74) is 20.0. The minimum atomic E-state index is 0.752. The molecule has 15 aromatic rings. The maximum Gasteiger partial charge on any atom is 0.159 e. The fourth-order valence-corrected chi connectivity index (χ4v) is 12.6. The number of hydrogen-bond donors (Lipinski definition) is 0. The minimum absolute atomic E-state index is 0.752. The van der Waals surface area contributed by atoms with E-state index in [4.69, 9.17) is 9.15 Å². The van der Waals surface area contributed by atoms with Crippen LogP contribution >= 0.6 is 0 Å². The number of nitrogens with zero attached hydrogens (tertiary/aromatic N) is 2. The second-order valence-corrected chi connectivity index (χ2v) is 21.7. The Hall–Kier alpha value is -10.7. The number of anilines is 6. The number of benzene rings is 14. The molecule has 0 aliphatic heterocycles. The number of ether oxygens (including phenoxy) is 1. The van der Waals surface area contributed by atoms with E-state index in [1.54, 1.807) is 0 Å². The van der Waals surface area contributed by atoms with Crippen LogP contribution in [0.5, 0.6) is 11.5 Å². The Balaban J connectivity index is 1.01. The van der Waals surface area contributed by atoms with Gasteiger partial charge in [0.05, 0.1) is 34.1 Å². The Morgan fingerprint density at radius 3 is 1.23 bits per heavy atom. The van der Waals surface area contributed by atoms with Crippen molar-refractivity contribution in [1.82, 2.24) is 0 Å². The fraction of sp³-hybridized carbons (Fsp3) is 0.0380. The van der Waals surface area contributed by atoms with Gasteiger partial charge in [-0.2, -0.15) is 0 Å². The van der Waals surface area contributed by atoms with Gasteiger partial charge in [-0.15, -0.1) is 0 Å². The molecule has 83 heavy (non-hydrogen) atoms. The molecular formula is C79H56N2O2. The highest BCUT2D eigenvalue weighted by Crippen LogP contribution is 2.53. The van der Waals surface area contributed by atoms with Crippen molar-refractivity contribution in [2.24, 2.45) is 0 Å². The molecule has 0 aliphatic rings. The van der Waals surface area contributed by atoms with Crippen molar-refractivity contribution >= 4 is 88.4 Å². The zero-order valence-electron chi connectivity index (χ0n) is 46.3.